The second-order valence-corrected chi connectivity index (χ2v) is 3.43. The molecule has 0 spiro atoms. The zero-order valence-corrected chi connectivity index (χ0v) is 8.12. The van der Waals surface area contributed by atoms with Crippen LogP contribution in [0.5, 0.6) is 11.5 Å². The van der Waals surface area contributed by atoms with E-state index >= 15 is 0 Å². The van der Waals surface area contributed by atoms with Gasteiger partial charge in [-0.3, -0.25) is 4.98 Å². The summed E-state index contributed by atoms with van der Waals surface area (Å²) < 4.78 is 0. The molecule has 1 aromatic carbocycles. The number of aromatic nitrogens is 1. The highest BCUT2D eigenvalue weighted by Crippen LogP contribution is 2.45. The molecule has 0 atom stereocenters. The normalized spacial score (nSPS) is 12.0. The minimum absolute atomic E-state index is 0.0117. The number of pyridine rings is 1. The van der Waals surface area contributed by atoms with Crippen LogP contribution in [0.4, 0.5) is 11.4 Å². The average Bonchev–Trinajstić information content (AvgIpc) is 2.20. The van der Waals surface area contributed by atoms with Gasteiger partial charge in [0.25, 0.3) is 0 Å². The minimum atomic E-state index is -0.0250. The maximum atomic E-state index is 9.71. The highest BCUT2D eigenvalue weighted by atomic mass is 16.3. The topological polar surface area (TPSA) is 78.1 Å². The molecule has 3 rings (SSSR count). The summed E-state index contributed by atoms with van der Waals surface area (Å²) >= 11 is 0. The van der Waals surface area contributed by atoms with Crippen molar-refractivity contribution in [1.82, 2.24) is 4.98 Å². The van der Waals surface area contributed by atoms with Gasteiger partial charge in [0.1, 0.15) is 28.6 Å². The van der Waals surface area contributed by atoms with Gasteiger partial charge in [-0.25, -0.2) is 0 Å². The van der Waals surface area contributed by atoms with Crippen LogP contribution in [0.2, 0.25) is 0 Å². The summed E-state index contributed by atoms with van der Waals surface area (Å²) in [6, 6.07) is 6.11. The molecule has 0 saturated heterocycles. The first-order valence-corrected chi connectivity index (χ1v) is 4.69. The lowest BCUT2D eigenvalue weighted by Crippen LogP contribution is -1.88. The molecule has 0 fully saturated rings. The molecule has 2 aromatic rings. The molecule has 0 aliphatic carbocycles. The predicted octanol–water partition coefficient (Wildman–Crippen LogP) is 2.89. The van der Waals surface area contributed by atoms with Crippen molar-refractivity contribution < 1.29 is 10.2 Å². The van der Waals surface area contributed by atoms with E-state index in [1.807, 2.05) is 0 Å². The van der Waals surface area contributed by atoms with Crippen LogP contribution in [0.15, 0.2) is 40.7 Å². The number of phenolic OH excluding ortho intramolecular Hbond substituents is 2. The average molecular weight is 213 g/mol. The fourth-order valence-corrected chi connectivity index (χ4v) is 1.60. The van der Waals surface area contributed by atoms with Gasteiger partial charge in [0.15, 0.2) is 0 Å². The van der Waals surface area contributed by atoms with Crippen LogP contribution in [0.3, 0.4) is 0 Å². The Morgan fingerprint density at radius 2 is 1.88 bits per heavy atom. The number of azo groups is 1. The molecular formula is C11H7N3O2. The smallest absolute Gasteiger partial charge is 0.140 e. The highest BCUT2D eigenvalue weighted by Gasteiger charge is 2.19. The molecule has 2 N–H and O–H groups in total. The maximum Gasteiger partial charge on any atom is 0.140 e. The Hall–Kier alpha value is -2.43. The van der Waals surface area contributed by atoms with E-state index in [0.717, 1.165) is 5.69 Å². The van der Waals surface area contributed by atoms with E-state index in [1.54, 1.807) is 18.3 Å². The van der Waals surface area contributed by atoms with Crippen LogP contribution >= 0.6 is 0 Å². The van der Waals surface area contributed by atoms with E-state index in [4.69, 9.17) is 0 Å². The van der Waals surface area contributed by atoms with E-state index in [0.29, 0.717) is 16.9 Å². The first kappa shape index (κ1) is 8.84. The molecule has 1 aliphatic rings. The van der Waals surface area contributed by atoms with Gasteiger partial charge in [0.2, 0.25) is 0 Å². The predicted molar refractivity (Wildman–Crippen MR) is 57.2 cm³/mol. The SMILES string of the molecule is Oc1ccc(-c2nccc3c2N=N3)c(O)c1. The van der Waals surface area contributed by atoms with Gasteiger partial charge in [-0.15, -0.1) is 10.2 Å². The molecule has 0 radical (unpaired) electrons. The Balaban J connectivity index is 2.21. The van der Waals surface area contributed by atoms with Gasteiger partial charge in [0.05, 0.1) is 0 Å². The quantitative estimate of drug-likeness (QED) is 0.652. The molecular weight excluding hydrogens is 206 g/mol. The number of hydrogen-bond donors (Lipinski definition) is 2. The van der Waals surface area contributed by atoms with Crippen molar-refractivity contribution in [3.05, 3.63) is 30.5 Å². The standard InChI is InChI=1S/C11H7N3O2/c15-6-1-2-7(9(16)5-6)10-11-8(13-14-11)3-4-12-10/h1-5,15-16H. The van der Waals surface area contributed by atoms with E-state index in [1.165, 1.54) is 12.1 Å². The van der Waals surface area contributed by atoms with Crippen molar-refractivity contribution in [3.63, 3.8) is 0 Å². The monoisotopic (exact) mass is 213 g/mol. The van der Waals surface area contributed by atoms with Gasteiger partial charge in [-0.05, 0) is 18.2 Å². The fourth-order valence-electron chi connectivity index (χ4n) is 1.60. The zero-order valence-electron chi connectivity index (χ0n) is 8.12. The molecule has 0 unspecified atom stereocenters. The Morgan fingerprint density at radius 3 is 2.56 bits per heavy atom. The zero-order chi connectivity index (χ0) is 11.1. The molecule has 78 valence electrons. The van der Waals surface area contributed by atoms with Crippen LogP contribution in [-0.4, -0.2) is 15.2 Å². The van der Waals surface area contributed by atoms with Crippen LogP contribution in [0, 0.1) is 0 Å². The number of hydrogen-bond acceptors (Lipinski definition) is 5. The Labute approximate surface area is 90.7 Å². The second-order valence-electron chi connectivity index (χ2n) is 3.43. The molecule has 0 bridgehead atoms. The Bertz CT molecular complexity index is 608. The first-order valence-electron chi connectivity index (χ1n) is 4.69. The van der Waals surface area contributed by atoms with Gasteiger partial charge in [-0.2, -0.15) is 0 Å². The fraction of sp³-hybridized carbons (Fsp3) is 0. The summed E-state index contributed by atoms with van der Waals surface area (Å²) in [5.74, 6) is -0.0133. The number of benzene rings is 1. The van der Waals surface area contributed by atoms with Gasteiger partial charge >= 0.3 is 0 Å². The molecule has 2 heterocycles. The minimum Gasteiger partial charge on any atom is -0.508 e. The highest BCUT2D eigenvalue weighted by molar-refractivity contribution is 5.85. The maximum absolute atomic E-state index is 9.71. The van der Waals surface area contributed by atoms with Crippen molar-refractivity contribution in [3.8, 4) is 22.8 Å². The number of aromatic hydroxyl groups is 2. The number of nitrogens with zero attached hydrogens (tertiary/aromatic N) is 3. The lowest BCUT2D eigenvalue weighted by atomic mass is 10.1. The van der Waals surface area contributed by atoms with Gasteiger partial charge in [-0.1, -0.05) is 0 Å². The summed E-state index contributed by atoms with van der Waals surface area (Å²) in [7, 11) is 0. The Morgan fingerprint density at radius 1 is 1.00 bits per heavy atom. The molecule has 0 saturated carbocycles. The van der Waals surface area contributed by atoms with E-state index in [-0.39, 0.29) is 11.5 Å². The number of fused-ring (bicyclic) bond motifs is 1. The summed E-state index contributed by atoms with van der Waals surface area (Å²) in [6.07, 6.45) is 1.61. The number of phenols is 2. The lowest BCUT2D eigenvalue weighted by Gasteiger charge is -2.12. The molecule has 5 nitrogen and oxygen atoms in total. The van der Waals surface area contributed by atoms with Gasteiger partial charge in [0, 0.05) is 17.8 Å². The van der Waals surface area contributed by atoms with Crippen molar-refractivity contribution >= 4 is 11.4 Å². The van der Waals surface area contributed by atoms with Crippen LogP contribution < -0.4 is 0 Å². The number of rotatable bonds is 1. The van der Waals surface area contributed by atoms with Crippen molar-refractivity contribution in [1.29, 1.82) is 0 Å². The van der Waals surface area contributed by atoms with Crippen molar-refractivity contribution in [2.24, 2.45) is 10.2 Å². The third-order valence-electron chi connectivity index (χ3n) is 2.40. The van der Waals surface area contributed by atoms with Crippen LogP contribution in [0.1, 0.15) is 0 Å². The van der Waals surface area contributed by atoms with E-state index in [9.17, 15) is 10.2 Å². The first-order chi connectivity index (χ1) is 7.75. The summed E-state index contributed by atoms with van der Waals surface area (Å²) in [4.78, 5) is 4.16. The van der Waals surface area contributed by atoms with Crippen molar-refractivity contribution in [2.45, 2.75) is 0 Å². The summed E-state index contributed by atoms with van der Waals surface area (Å²) in [5, 5.41) is 26.6. The molecule has 1 aliphatic heterocycles. The molecule has 5 heteroatoms. The largest absolute Gasteiger partial charge is 0.508 e. The van der Waals surface area contributed by atoms with E-state index in [2.05, 4.69) is 15.2 Å². The van der Waals surface area contributed by atoms with E-state index < -0.39 is 0 Å². The summed E-state index contributed by atoms with van der Waals surface area (Å²) in [6.45, 7) is 0. The molecule has 0 amide bonds. The molecule has 16 heavy (non-hydrogen) atoms. The van der Waals surface area contributed by atoms with Crippen LogP contribution in [-0.2, 0) is 0 Å². The van der Waals surface area contributed by atoms with Gasteiger partial charge < -0.3 is 10.2 Å². The Kier molecular flexibility index (Phi) is 1.67. The third-order valence-corrected chi connectivity index (χ3v) is 2.40. The van der Waals surface area contributed by atoms with Crippen molar-refractivity contribution in [2.75, 3.05) is 0 Å². The third kappa shape index (κ3) is 1.15. The lowest BCUT2D eigenvalue weighted by molar-refractivity contribution is 0.452. The van der Waals surface area contributed by atoms with Crippen LogP contribution in [0.25, 0.3) is 11.3 Å². The second kappa shape index (κ2) is 3.03. The molecule has 1 aromatic heterocycles. The summed E-state index contributed by atoms with van der Waals surface area (Å²) in [5.41, 5.74) is 2.54.